The second-order valence-electron chi connectivity index (χ2n) is 9.55. The molecule has 1 aromatic heterocycles. The van der Waals surface area contributed by atoms with Crippen LogP contribution in [0.3, 0.4) is 0 Å². The Labute approximate surface area is 269 Å². The summed E-state index contributed by atoms with van der Waals surface area (Å²) in [6.45, 7) is 8.12. The first-order valence-electron chi connectivity index (χ1n) is 13.5. The Balaban J connectivity index is 1.63. The monoisotopic (exact) mass is 722 g/mol. The second-order valence-corrected chi connectivity index (χ2v) is 12.3. The fraction of sp³-hybridized carbons (Fsp3) is 0.182. The van der Waals surface area contributed by atoms with Gasteiger partial charge in [0.25, 0.3) is 5.56 Å². The number of aromatic nitrogens is 1. The summed E-state index contributed by atoms with van der Waals surface area (Å²) in [4.78, 5) is 32.5. The zero-order valence-corrected chi connectivity index (χ0v) is 27.5. The minimum atomic E-state index is -0.728. The molecular weight excluding hydrogens is 696 g/mol. The average Bonchev–Trinajstić information content (AvgIpc) is 3.29. The summed E-state index contributed by atoms with van der Waals surface area (Å²) in [6.07, 6.45) is 3.46. The normalized spacial score (nSPS) is 14.6. The summed E-state index contributed by atoms with van der Waals surface area (Å²) < 4.78 is 20.9. The van der Waals surface area contributed by atoms with Gasteiger partial charge in [0, 0.05) is 10.0 Å². The first-order valence-corrected chi connectivity index (χ1v) is 15.9. The molecule has 0 saturated carbocycles. The molecular formula is C33H28Br2N2O5S. The van der Waals surface area contributed by atoms with E-state index in [4.69, 9.17) is 14.2 Å². The number of benzene rings is 3. The topological polar surface area (TPSA) is 79.1 Å². The average molecular weight is 724 g/mol. The van der Waals surface area contributed by atoms with E-state index in [-0.39, 0.29) is 12.2 Å². The van der Waals surface area contributed by atoms with Crippen molar-refractivity contribution in [3.63, 3.8) is 0 Å². The smallest absolute Gasteiger partial charge is 0.338 e. The molecule has 7 nitrogen and oxygen atoms in total. The lowest BCUT2D eigenvalue weighted by Crippen LogP contribution is -2.39. The Morgan fingerprint density at radius 2 is 1.84 bits per heavy atom. The van der Waals surface area contributed by atoms with Gasteiger partial charge < -0.3 is 14.2 Å². The third-order valence-corrected chi connectivity index (χ3v) is 8.66. The molecule has 43 heavy (non-hydrogen) atoms. The highest BCUT2D eigenvalue weighted by Gasteiger charge is 2.33. The molecule has 0 N–H and O–H groups in total. The number of halogens is 2. The van der Waals surface area contributed by atoms with E-state index in [1.807, 2.05) is 66.7 Å². The van der Waals surface area contributed by atoms with Gasteiger partial charge in [-0.1, -0.05) is 82.4 Å². The summed E-state index contributed by atoms with van der Waals surface area (Å²) in [6, 6.07) is 20.2. The number of thiazole rings is 1. The number of carbonyl (C=O) groups is 1. The summed E-state index contributed by atoms with van der Waals surface area (Å²) in [5.41, 5.74) is 3.00. The summed E-state index contributed by atoms with van der Waals surface area (Å²) >= 11 is 8.44. The van der Waals surface area contributed by atoms with Gasteiger partial charge in [-0.2, -0.15) is 0 Å². The van der Waals surface area contributed by atoms with Crippen LogP contribution in [0.4, 0.5) is 0 Å². The molecule has 10 heteroatoms. The maximum absolute atomic E-state index is 14.1. The van der Waals surface area contributed by atoms with Gasteiger partial charge in [-0.05, 0) is 71.2 Å². The molecule has 4 aromatic rings. The first kappa shape index (κ1) is 30.7. The van der Waals surface area contributed by atoms with E-state index in [0.29, 0.717) is 50.9 Å². The molecule has 3 aromatic carbocycles. The Morgan fingerprint density at radius 1 is 1.09 bits per heavy atom. The number of nitrogens with zero attached hydrogens (tertiary/aromatic N) is 2. The lowest BCUT2D eigenvalue weighted by molar-refractivity contribution is -0.139. The highest BCUT2D eigenvalue weighted by molar-refractivity contribution is 9.11. The van der Waals surface area contributed by atoms with Crippen LogP contribution in [-0.4, -0.2) is 23.8 Å². The number of allylic oxidation sites excluding steroid dienone is 1. The number of esters is 1. The zero-order chi connectivity index (χ0) is 30.5. The number of ether oxygens (including phenoxy) is 3. The Kier molecular flexibility index (Phi) is 9.79. The molecule has 0 radical (unpaired) electrons. The minimum Gasteiger partial charge on any atom is -0.490 e. The fourth-order valence-corrected chi connectivity index (χ4v) is 7.13. The van der Waals surface area contributed by atoms with Crippen LogP contribution in [0.5, 0.6) is 11.5 Å². The van der Waals surface area contributed by atoms with Gasteiger partial charge in [-0.3, -0.25) is 9.36 Å². The third kappa shape index (κ3) is 6.76. The van der Waals surface area contributed by atoms with Crippen molar-refractivity contribution in [1.29, 1.82) is 0 Å². The first-order chi connectivity index (χ1) is 20.8. The highest BCUT2D eigenvalue weighted by Crippen LogP contribution is 2.35. The van der Waals surface area contributed by atoms with Crippen LogP contribution >= 0.6 is 43.2 Å². The summed E-state index contributed by atoms with van der Waals surface area (Å²) in [5, 5.41) is 0. The van der Waals surface area contributed by atoms with Gasteiger partial charge in [0.2, 0.25) is 0 Å². The van der Waals surface area contributed by atoms with Gasteiger partial charge >= 0.3 is 5.97 Å². The van der Waals surface area contributed by atoms with Crippen LogP contribution in [0.1, 0.15) is 36.6 Å². The number of rotatable bonds is 10. The molecule has 0 aliphatic carbocycles. The third-order valence-electron chi connectivity index (χ3n) is 6.63. The van der Waals surface area contributed by atoms with Crippen molar-refractivity contribution in [3.8, 4) is 11.5 Å². The summed E-state index contributed by atoms with van der Waals surface area (Å²) in [7, 11) is 0. The Bertz CT molecular complexity index is 1880. The van der Waals surface area contributed by atoms with Crippen LogP contribution in [0.25, 0.3) is 6.08 Å². The molecule has 0 spiro atoms. The summed E-state index contributed by atoms with van der Waals surface area (Å²) in [5.74, 6) is 0.744. The highest BCUT2D eigenvalue weighted by atomic mass is 79.9. The molecule has 0 unspecified atom stereocenters. The van der Waals surface area contributed by atoms with E-state index >= 15 is 0 Å². The molecule has 0 bridgehead atoms. The van der Waals surface area contributed by atoms with Crippen molar-refractivity contribution in [2.45, 2.75) is 26.5 Å². The van der Waals surface area contributed by atoms with Gasteiger partial charge in [0.1, 0.15) is 24.7 Å². The van der Waals surface area contributed by atoms with Crippen molar-refractivity contribution in [3.05, 3.63) is 136 Å². The van der Waals surface area contributed by atoms with Crippen molar-refractivity contribution >= 4 is 55.2 Å². The van der Waals surface area contributed by atoms with E-state index in [0.717, 1.165) is 20.1 Å². The van der Waals surface area contributed by atoms with Crippen molar-refractivity contribution in [2.75, 3.05) is 13.2 Å². The molecule has 220 valence electrons. The number of fused-ring (bicyclic) bond motifs is 1. The van der Waals surface area contributed by atoms with Crippen molar-refractivity contribution in [1.82, 2.24) is 4.57 Å². The van der Waals surface area contributed by atoms with Crippen LogP contribution in [0, 0.1) is 0 Å². The SMILES string of the molecule is C=CCOc1ccc([C@@H]2C(C(=O)OCC)=C(C)N=c3s/c(=C\c4cc(Br)cc(Br)c4OCc4ccccc4)c(=O)n32)cc1. The molecule has 1 atom stereocenters. The Hall–Kier alpha value is -3.73. The fourth-order valence-electron chi connectivity index (χ4n) is 4.72. The Morgan fingerprint density at radius 3 is 2.53 bits per heavy atom. The maximum Gasteiger partial charge on any atom is 0.338 e. The van der Waals surface area contributed by atoms with E-state index < -0.39 is 12.0 Å². The zero-order valence-electron chi connectivity index (χ0n) is 23.5. The number of carbonyl (C=O) groups excluding carboxylic acids is 1. The molecule has 5 rings (SSSR count). The van der Waals surface area contributed by atoms with Crippen LogP contribution in [-0.2, 0) is 16.1 Å². The minimum absolute atomic E-state index is 0.199. The lowest BCUT2D eigenvalue weighted by Gasteiger charge is -2.24. The van der Waals surface area contributed by atoms with E-state index in [1.54, 1.807) is 30.6 Å². The molecule has 2 heterocycles. The van der Waals surface area contributed by atoms with Crippen LogP contribution in [0.15, 0.2) is 109 Å². The predicted molar refractivity (Wildman–Crippen MR) is 175 cm³/mol. The second kappa shape index (κ2) is 13.7. The van der Waals surface area contributed by atoms with E-state index in [9.17, 15) is 9.59 Å². The van der Waals surface area contributed by atoms with Crippen molar-refractivity contribution in [2.24, 2.45) is 4.99 Å². The van der Waals surface area contributed by atoms with Crippen LogP contribution < -0.4 is 24.4 Å². The molecule has 0 amide bonds. The van der Waals surface area contributed by atoms with Gasteiger partial charge in [0.05, 0.1) is 32.9 Å². The van der Waals surface area contributed by atoms with Gasteiger partial charge in [-0.15, -0.1) is 0 Å². The van der Waals surface area contributed by atoms with Gasteiger partial charge in [-0.25, -0.2) is 9.79 Å². The molecule has 1 aliphatic heterocycles. The maximum atomic E-state index is 14.1. The standard InChI is InChI=1S/C33H28Br2N2O5S/c1-4-15-41-25-13-11-22(12-14-25)29-28(32(39)40-5-2)20(3)36-33-37(29)31(38)27(43-33)17-23-16-24(34)18-26(35)30(23)42-19-21-9-7-6-8-10-21/h4,6-14,16-18,29H,1,5,15,19H2,2-3H3/b27-17-/t29-/m1/s1. The molecule has 0 fully saturated rings. The lowest BCUT2D eigenvalue weighted by atomic mass is 9.96. The van der Waals surface area contributed by atoms with Crippen molar-refractivity contribution < 1.29 is 19.0 Å². The largest absolute Gasteiger partial charge is 0.490 e. The number of hydrogen-bond acceptors (Lipinski definition) is 7. The van der Waals surface area contributed by atoms with Gasteiger partial charge in [0.15, 0.2) is 4.80 Å². The van der Waals surface area contributed by atoms with E-state index in [2.05, 4.69) is 43.4 Å². The van der Waals surface area contributed by atoms with E-state index in [1.165, 1.54) is 11.3 Å². The predicted octanol–water partition coefficient (Wildman–Crippen LogP) is 6.47. The molecule has 1 aliphatic rings. The van der Waals surface area contributed by atoms with Crippen LogP contribution in [0.2, 0.25) is 0 Å². The quantitative estimate of drug-likeness (QED) is 0.139. The number of hydrogen-bond donors (Lipinski definition) is 0. The molecule has 0 saturated heterocycles.